The first-order chi connectivity index (χ1) is 6.76. The molecule has 0 atom stereocenters. The third kappa shape index (κ3) is 1.35. The number of rotatable bonds is 2. The zero-order chi connectivity index (χ0) is 10.1. The second kappa shape index (κ2) is 3.52. The van der Waals surface area contributed by atoms with Crippen molar-refractivity contribution in [3.8, 4) is 0 Å². The van der Waals surface area contributed by atoms with Crippen LogP contribution in [0.5, 0.6) is 0 Å². The number of aryl methyl sites for hydroxylation is 1. The van der Waals surface area contributed by atoms with Crippen molar-refractivity contribution < 1.29 is 9.90 Å². The van der Waals surface area contributed by atoms with Gasteiger partial charge in [0.1, 0.15) is 0 Å². The SMILES string of the molecule is Cc1cc(CO)c2scc(C=O)c2c1. The van der Waals surface area contributed by atoms with Gasteiger partial charge in [-0.1, -0.05) is 11.6 Å². The van der Waals surface area contributed by atoms with Gasteiger partial charge in [0.05, 0.1) is 6.61 Å². The molecule has 3 heteroatoms. The summed E-state index contributed by atoms with van der Waals surface area (Å²) in [6.45, 7) is 1.99. The summed E-state index contributed by atoms with van der Waals surface area (Å²) in [5.74, 6) is 0. The predicted octanol–water partition coefficient (Wildman–Crippen LogP) is 2.51. The van der Waals surface area contributed by atoms with Crippen molar-refractivity contribution >= 4 is 27.7 Å². The molecule has 0 amide bonds. The second-order valence-electron chi connectivity index (χ2n) is 3.27. The Kier molecular flexibility index (Phi) is 2.35. The van der Waals surface area contributed by atoms with Crippen molar-refractivity contribution in [3.05, 3.63) is 34.2 Å². The van der Waals surface area contributed by atoms with Crippen LogP contribution in [-0.2, 0) is 6.61 Å². The Morgan fingerprint density at radius 2 is 2.29 bits per heavy atom. The van der Waals surface area contributed by atoms with Crippen molar-refractivity contribution in [2.24, 2.45) is 0 Å². The van der Waals surface area contributed by atoms with Crippen LogP contribution in [0, 0.1) is 6.92 Å². The molecule has 0 aliphatic carbocycles. The molecular weight excluding hydrogens is 196 g/mol. The Morgan fingerprint density at radius 3 is 2.93 bits per heavy atom. The lowest BCUT2D eigenvalue weighted by Gasteiger charge is -2.01. The number of carbonyl (C=O) groups is 1. The highest BCUT2D eigenvalue weighted by Crippen LogP contribution is 2.29. The lowest BCUT2D eigenvalue weighted by molar-refractivity contribution is 0.112. The van der Waals surface area contributed by atoms with Crippen LogP contribution in [0.3, 0.4) is 0 Å². The van der Waals surface area contributed by atoms with Gasteiger partial charge in [-0.15, -0.1) is 11.3 Å². The first kappa shape index (κ1) is 9.37. The van der Waals surface area contributed by atoms with Crippen LogP contribution in [0.25, 0.3) is 10.1 Å². The van der Waals surface area contributed by atoms with Gasteiger partial charge < -0.3 is 5.11 Å². The molecule has 0 unspecified atom stereocenters. The number of benzene rings is 1. The van der Waals surface area contributed by atoms with E-state index in [-0.39, 0.29) is 6.61 Å². The molecule has 0 fully saturated rings. The van der Waals surface area contributed by atoms with Gasteiger partial charge in [-0.2, -0.15) is 0 Å². The quantitative estimate of drug-likeness (QED) is 0.766. The van der Waals surface area contributed by atoms with E-state index in [0.29, 0.717) is 5.56 Å². The minimum absolute atomic E-state index is 0.0248. The molecule has 1 aromatic heterocycles. The van der Waals surface area contributed by atoms with Gasteiger partial charge in [0.25, 0.3) is 0 Å². The molecule has 0 aliphatic rings. The molecular formula is C11H10O2S. The second-order valence-corrected chi connectivity index (χ2v) is 4.15. The highest BCUT2D eigenvalue weighted by molar-refractivity contribution is 7.17. The van der Waals surface area contributed by atoms with Crippen molar-refractivity contribution in [3.63, 3.8) is 0 Å². The molecule has 0 aliphatic heterocycles. The van der Waals surface area contributed by atoms with E-state index in [2.05, 4.69) is 0 Å². The van der Waals surface area contributed by atoms with E-state index in [0.717, 1.165) is 27.5 Å². The van der Waals surface area contributed by atoms with Crippen molar-refractivity contribution in [1.82, 2.24) is 0 Å². The summed E-state index contributed by atoms with van der Waals surface area (Å²) in [5, 5.41) is 11.9. The minimum atomic E-state index is 0.0248. The van der Waals surface area contributed by atoms with E-state index in [9.17, 15) is 4.79 Å². The van der Waals surface area contributed by atoms with Crippen LogP contribution in [0.4, 0.5) is 0 Å². The van der Waals surface area contributed by atoms with Gasteiger partial charge >= 0.3 is 0 Å². The molecule has 0 saturated heterocycles. The molecule has 0 saturated carbocycles. The fraction of sp³-hybridized carbons (Fsp3) is 0.182. The number of carbonyl (C=O) groups excluding carboxylic acids is 1. The average molecular weight is 206 g/mol. The van der Waals surface area contributed by atoms with E-state index in [1.54, 1.807) is 0 Å². The van der Waals surface area contributed by atoms with Crippen molar-refractivity contribution in [1.29, 1.82) is 0 Å². The summed E-state index contributed by atoms with van der Waals surface area (Å²) < 4.78 is 1.01. The van der Waals surface area contributed by atoms with E-state index in [1.807, 2.05) is 24.4 Å². The van der Waals surface area contributed by atoms with Gasteiger partial charge in [0.2, 0.25) is 0 Å². The van der Waals surface area contributed by atoms with Gasteiger partial charge in [0, 0.05) is 21.0 Å². The molecule has 1 heterocycles. The Balaban J connectivity index is 2.83. The predicted molar refractivity (Wildman–Crippen MR) is 57.9 cm³/mol. The number of fused-ring (bicyclic) bond motifs is 1. The Hall–Kier alpha value is -1.19. The maximum Gasteiger partial charge on any atom is 0.151 e. The smallest absolute Gasteiger partial charge is 0.151 e. The van der Waals surface area contributed by atoms with E-state index >= 15 is 0 Å². The van der Waals surface area contributed by atoms with Crippen molar-refractivity contribution in [2.75, 3.05) is 0 Å². The first-order valence-electron chi connectivity index (χ1n) is 4.33. The summed E-state index contributed by atoms with van der Waals surface area (Å²) in [6, 6.07) is 3.93. The molecule has 0 spiro atoms. The molecule has 1 aromatic carbocycles. The van der Waals surface area contributed by atoms with Crippen LogP contribution in [0.15, 0.2) is 17.5 Å². The first-order valence-corrected chi connectivity index (χ1v) is 5.21. The summed E-state index contributed by atoms with van der Waals surface area (Å²) in [6.07, 6.45) is 0.861. The fourth-order valence-corrected chi connectivity index (χ4v) is 2.60. The highest BCUT2D eigenvalue weighted by Gasteiger charge is 2.07. The number of aliphatic hydroxyl groups is 1. The maximum atomic E-state index is 10.7. The topological polar surface area (TPSA) is 37.3 Å². The molecule has 2 nitrogen and oxygen atoms in total. The van der Waals surface area contributed by atoms with Crippen LogP contribution in [0.2, 0.25) is 0 Å². The van der Waals surface area contributed by atoms with Crippen LogP contribution in [-0.4, -0.2) is 11.4 Å². The Bertz CT molecular complexity index is 485. The van der Waals surface area contributed by atoms with Gasteiger partial charge in [-0.3, -0.25) is 4.79 Å². The van der Waals surface area contributed by atoms with Gasteiger partial charge in [-0.05, 0) is 18.6 Å². The number of aldehydes is 1. The summed E-state index contributed by atoms with van der Waals surface area (Å²) in [7, 11) is 0. The third-order valence-corrected chi connectivity index (χ3v) is 3.31. The monoisotopic (exact) mass is 206 g/mol. The zero-order valence-electron chi connectivity index (χ0n) is 7.78. The average Bonchev–Trinajstić information content (AvgIpc) is 2.59. The lowest BCUT2D eigenvalue weighted by atomic mass is 10.1. The van der Waals surface area contributed by atoms with E-state index in [1.165, 1.54) is 11.3 Å². The number of aliphatic hydroxyl groups excluding tert-OH is 1. The summed E-state index contributed by atoms with van der Waals surface area (Å²) >= 11 is 1.51. The summed E-state index contributed by atoms with van der Waals surface area (Å²) in [5.41, 5.74) is 2.68. The van der Waals surface area contributed by atoms with Crippen LogP contribution >= 0.6 is 11.3 Å². The molecule has 1 N–H and O–H groups in total. The lowest BCUT2D eigenvalue weighted by Crippen LogP contribution is -1.86. The summed E-state index contributed by atoms with van der Waals surface area (Å²) in [4.78, 5) is 10.7. The van der Waals surface area contributed by atoms with Gasteiger partial charge in [0.15, 0.2) is 6.29 Å². The zero-order valence-corrected chi connectivity index (χ0v) is 8.60. The molecule has 0 bridgehead atoms. The normalized spacial score (nSPS) is 10.7. The number of hydrogen-bond acceptors (Lipinski definition) is 3. The van der Waals surface area contributed by atoms with Gasteiger partial charge in [-0.25, -0.2) is 0 Å². The number of hydrogen-bond donors (Lipinski definition) is 1. The van der Waals surface area contributed by atoms with Crippen molar-refractivity contribution in [2.45, 2.75) is 13.5 Å². The molecule has 2 aromatic rings. The Morgan fingerprint density at radius 1 is 1.50 bits per heavy atom. The Labute approximate surface area is 85.8 Å². The maximum absolute atomic E-state index is 10.7. The van der Waals surface area contributed by atoms with E-state index < -0.39 is 0 Å². The van der Waals surface area contributed by atoms with E-state index in [4.69, 9.17) is 5.11 Å². The number of thiophene rings is 1. The molecule has 0 radical (unpaired) electrons. The largest absolute Gasteiger partial charge is 0.392 e. The van der Waals surface area contributed by atoms with Crippen LogP contribution in [0.1, 0.15) is 21.5 Å². The standard InChI is InChI=1S/C11H10O2S/c1-7-2-8(4-12)11-10(3-7)9(5-13)6-14-11/h2-3,5-6,12H,4H2,1H3. The third-order valence-electron chi connectivity index (χ3n) is 2.22. The molecule has 14 heavy (non-hydrogen) atoms. The molecule has 72 valence electrons. The minimum Gasteiger partial charge on any atom is -0.392 e. The fourth-order valence-electron chi connectivity index (χ4n) is 1.60. The van der Waals surface area contributed by atoms with Crippen LogP contribution < -0.4 is 0 Å². The highest BCUT2D eigenvalue weighted by atomic mass is 32.1. The molecule has 2 rings (SSSR count).